The standard InChI is InChI=1S/C14H16N2O/c1-14(2,9-15)13(17)11-7-10-5-3-4-6-12(10)16-8-11/h3-8H,9,15H2,1-2H3. The van der Waals surface area contributed by atoms with Crippen LogP contribution in [0.1, 0.15) is 24.2 Å². The summed E-state index contributed by atoms with van der Waals surface area (Å²) in [6.45, 7) is 4.04. The van der Waals surface area contributed by atoms with E-state index in [4.69, 9.17) is 5.73 Å². The Balaban J connectivity index is 2.47. The van der Waals surface area contributed by atoms with Crippen molar-refractivity contribution in [2.45, 2.75) is 13.8 Å². The summed E-state index contributed by atoms with van der Waals surface area (Å²) in [6.07, 6.45) is 1.63. The van der Waals surface area contributed by atoms with Crippen LogP contribution >= 0.6 is 0 Å². The average Bonchev–Trinajstić information content (AvgIpc) is 2.37. The summed E-state index contributed by atoms with van der Waals surface area (Å²) in [4.78, 5) is 16.5. The van der Waals surface area contributed by atoms with Crippen molar-refractivity contribution in [3.05, 3.63) is 42.1 Å². The number of Topliss-reactive ketones (excluding diaryl/α,β-unsaturated/α-hetero) is 1. The minimum atomic E-state index is -0.538. The third kappa shape index (κ3) is 2.19. The molecule has 0 fully saturated rings. The van der Waals surface area contributed by atoms with Crippen LogP contribution in [0.15, 0.2) is 36.5 Å². The number of nitrogens with two attached hydrogens (primary N) is 1. The maximum Gasteiger partial charge on any atom is 0.171 e. The number of hydrogen-bond donors (Lipinski definition) is 1. The molecule has 0 aliphatic carbocycles. The van der Waals surface area contributed by atoms with Crippen molar-refractivity contribution >= 4 is 16.7 Å². The topological polar surface area (TPSA) is 56.0 Å². The van der Waals surface area contributed by atoms with E-state index in [1.165, 1.54) is 0 Å². The van der Waals surface area contributed by atoms with Crippen LogP contribution in [-0.2, 0) is 0 Å². The Hall–Kier alpha value is -1.74. The van der Waals surface area contributed by atoms with Crippen molar-refractivity contribution in [2.24, 2.45) is 11.1 Å². The van der Waals surface area contributed by atoms with Gasteiger partial charge in [-0.15, -0.1) is 0 Å². The van der Waals surface area contributed by atoms with Crippen LogP contribution in [0, 0.1) is 5.41 Å². The van der Waals surface area contributed by atoms with E-state index in [1.807, 2.05) is 44.2 Å². The smallest absolute Gasteiger partial charge is 0.171 e. The van der Waals surface area contributed by atoms with Gasteiger partial charge >= 0.3 is 0 Å². The van der Waals surface area contributed by atoms with E-state index in [0.717, 1.165) is 10.9 Å². The molecule has 2 N–H and O–H groups in total. The summed E-state index contributed by atoms with van der Waals surface area (Å²) >= 11 is 0. The van der Waals surface area contributed by atoms with E-state index < -0.39 is 5.41 Å². The number of aromatic nitrogens is 1. The van der Waals surface area contributed by atoms with Gasteiger partial charge in [0, 0.05) is 29.1 Å². The van der Waals surface area contributed by atoms with Crippen molar-refractivity contribution in [1.29, 1.82) is 0 Å². The number of benzene rings is 1. The normalized spacial score (nSPS) is 11.7. The Kier molecular flexibility index (Phi) is 2.94. The molecule has 0 radical (unpaired) electrons. The van der Waals surface area contributed by atoms with Crippen LogP contribution in [0.4, 0.5) is 0 Å². The number of fused-ring (bicyclic) bond motifs is 1. The Morgan fingerprint density at radius 3 is 2.76 bits per heavy atom. The molecule has 1 aromatic heterocycles. The second kappa shape index (κ2) is 4.26. The molecule has 0 aliphatic heterocycles. The first-order valence-corrected chi connectivity index (χ1v) is 5.64. The highest BCUT2D eigenvalue weighted by atomic mass is 16.1. The lowest BCUT2D eigenvalue weighted by molar-refractivity contribution is 0.0847. The van der Waals surface area contributed by atoms with Crippen molar-refractivity contribution in [1.82, 2.24) is 4.98 Å². The molecule has 0 unspecified atom stereocenters. The maximum absolute atomic E-state index is 12.2. The first-order chi connectivity index (χ1) is 8.04. The molecule has 0 bridgehead atoms. The van der Waals surface area contributed by atoms with Gasteiger partial charge in [0.05, 0.1) is 5.52 Å². The number of nitrogens with zero attached hydrogens (tertiary/aromatic N) is 1. The minimum Gasteiger partial charge on any atom is -0.329 e. The van der Waals surface area contributed by atoms with E-state index >= 15 is 0 Å². The molecule has 0 saturated heterocycles. The van der Waals surface area contributed by atoms with E-state index in [2.05, 4.69) is 4.98 Å². The van der Waals surface area contributed by atoms with Crippen molar-refractivity contribution < 1.29 is 4.79 Å². The van der Waals surface area contributed by atoms with Gasteiger partial charge in [0.15, 0.2) is 5.78 Å². The molecule has 88 valence electrons. The van der Waals surface area contributed by atoms with Gasteiger partial charge in [-0.05, 0) is 12.1 Å². The first-order valence-electron chi connectivity index (χ1n) is 5.64. The van der Waals surface area contributed by atoms with E-state index in [1.54, 1.807) is 6.20 Å². The van der Waals surface area contributed by atoms with Crippen LogP contribution in [0.25, 0.3) is 10.9 Å². The molecule has 0 saturated carbocycles. The first kappa shape index (κ1) is 11.7. The van der Waals surface area contributed by atoms with Gasteiger partial charge in [0.1, 0.15) is 0 Å². The molecule has 17 heavy (non-hydrogen) atoms. The monoisotopic (exact) mass is 228 g/mol. The van der Waals surface area contributed by atoms with Crippen LogP contribution < -0.4 is 5.73 Å². The molecule has 0 spiro atoms. The summed E-state index contributed by atoms with van der Waals surface area (Å²) in [5, 5.41) is 0.978. The predicted octanol–water partition coefficient (Wildman–Crippen LogP) is 2.40. The fraction of sp³-hybridized carbons (Fsp3) is 0.286. The number of carbonyl (C=O) groups is 1. The molecule has 0 aliphatic rings. The van der Waals surface area contributed by atoms with E-state index in [-0.39, 0.29) is 5.78 Å². The van der Waals surface area contributed by atoms with Crippen LogP contribution in [0.5, 0.6) is 0 Å². The van der Waals surface area contributed by atoms with E-state index in [9.17, 15) is 4.79 Å². The van der Waals surface area contributed by atoms with Gasteiger partial charge < -0.3 is 5.73 Å². The summed E-state index contributed by atoms with van der Waals surface area (Å²) in [6, 6.07) is 9.63. The highest BCUT2D eigenvalue weighted by Gasteiger charge is 2.27. The fourth-order valence-electron chi connectivity index (χ4n) is 1.68. The zero-order chi connectivity index (χ0) is 12.5. The Morgan fingerprint density at radius 2 is 2.06 bits per heavy atom. The quantitative estimate of drug-likeness (QED) is 0.821. The van der Waals surface area contributed by atoms with Crippen molar-refractivity contribution in [3.63, 3.8) is 0 Å². The molecule has 3 heteroatoms. The number of para-hydroxylation sites is 1. The third-order valence-electron chi connectivity index (χ3n) is 2.98. The van der Waals surface area contributed by atoms with Gasteiger partial charge in [-0.1, -0.05) is 32.0 Å². The van der Waals surface area contributed by atoms with Crippen molar-refractivity contribution in [3.8, 4) is 0 Å². The molecular formula is C14H16N2O. The SMILES string of the molecule is CC(C)(CN)C(=O)c1cnc2ccccc2c1. The average molecular weight is 228 g/mol. The lowest BCUT2D eigenvalue weighted by Crippen LogP contribution is -2.32. The molecule has 1 heterocycles. The van der Waals surface area contributed by atoms with Crippen LogP contribution in [0.3, 0.4) is 0 Å². The number of ketones is 1. The van der Waals surface area contributed by atoms with Crippen LogP contribution in [0.2, 0.25) is 0 Å². The molecule has 2 rings (SSSR count). The number of hydrogen-bond acceptors (Lipinski definition) is 3. The molecule has 0 atom stereocenters. The zero-order valence-corrected chi connectivity index (χ0v) is 10.1. The molecule has 0 amide bonds. The zero-order valence-electron chi connectivity index (χ0n) is 10.1. The molecule has 2 aromatic rings. The molecule has 3 nitrogen and oxygen atoms in total. The third-order valence-corrected chi connectivity index (χ3v) is 2.98. The fourth-order valence-corrected chi connectivity index (χ4v) is 1.68. The lowest BCUT2D eigenvalue weighted by Gasteiger charge is -2.20. The van der Waals surface area contributed by atoms with Crippen LogP contribution in [-0.4, -0.2) is 17.3 Å². The van der Waals surface area contributed by atoms with Gasteiger partial charge in [-0.25, -0.2) is 0 Å². The van der Waals surface area contributed by atoms with Gasteiger partial charge in [0.2, 0.25) is 0 Å². The summed E-state index contributed by atoms with van der Waals surface area (Å²) < 4.78 is 0. The Bertz CT molecular complexity index is 561. The highest BCUT2D eigenvalue weighted by molar-refractivity contribution is 6.02. The predicted molar refractivity (Wildman–Crippen MR) is 68.9 cm³/mol. The Labute approximate surface area is 101 Å². The van der Waals surface area contributed by atoms with Crippen molar-refractivity contribution in [2.75, 3.05) is 6.54 Å². The number of pyridine rings is 1. The van der Waals surface area contributed by atoms with E-state index in [0.29, 0.717) is 12.1 Å². The Morgan fingerprint density at radius 1 is 1.35 bits per heavy atom. The minimum absolute atomic E-state index is 0.0400. The second-order valence-electron chi connectivity index (χ2n) is 4.83. The summed E-state index contributed by atoms with van der Waals surface area (Å²) in [5.41, 5.74) is 6.60. The second-order valence-corrected chi connectivity index (χ2v) is 4.83. The largest absolute Gasteiger partial charge is 0.329 e. The number of rotatable bonds is 3. The van der Waals surface area contributed by atoms with Gasteiger partial charge in [-0.2, -0.15) is 0 Å². The number of carbonyl (C=O) groups excluding carboxylic acids is 1. The maximum atomic E-state index is 12.2. The molecule has 1 aromatic carbocycles. The summed E-state index contributed by atoms with van der Waals surface area (Å²) in [5.74, 6) is 0.0400. The lowest BCUT2D eigenvalue weighted by atomic mass is 9.85. The molecular weight excluding hydrogens is 212 g/mol. The van der Waals surface area contributed by atoms with Gasteiger partial charge in [0.25, 0.3) is 0 Å². The highest BCUT2D eigenvalue weighted by Crippen LogP contribution is 2.22. The summed E-state index contributed by atoms with van der Waals surface area (Å²) in [7, 11) is 0. The van der Waals surface area contributed by atoms with Gasteiger partial charge in [-0.3, -0.25) is 9.78 Å².